The molecule has 1 saturated heterocycles. The summed E-state index contributed by atoms with van der Waals surface area (Å²) in [5.74, 6) is 0. The highest BCUT2D eigenvalue weighted by Gasteiger charge is 2.21. The molecule has 0 aromatic carbocycles. The summed E-state index contributed by atoms with van der Waals surface area (Å²) in [7, 11) is 1.66. The zero-order valence-corrected chi connectivity index (χ0v) is 12.0. The molecule has 0 spiro atoms. The van der Waals surface area contributed by atoms with Crippen LogP contribution in [0.2, 0.25) is 0 Å². The SMILES string of the molecule is COCc1nc(N2CCCCCC2C)sc1CO. The van der Waals surface area contributed by atoms with Crippen LogP contribution in [0.4, 0.5) is 5.13 Å². The largest absolute Gasteiger partial charge is 0.391 e. The number of hydrogen-bond donors (Lipinski definition) is 1. The summed E-state index contributed by atoms with van der Waals surface area (Å²) < 4.78 is 5.14. The lowest BCUT2D eigenvalue weighted by Crippen LogP contribution is -2.32. The summed E-state index contributed by atoms with van der Waals surface area (Å²) in [6.07, 6.45) is 5.08. The fraction of sp³-hybridized carbons (Fsp3) is 0.769. The van der Waals surface area contributed by atoms with E-state index in [4.69, 9.17) is 4.74 Å². The molecule has 1 aromatic rings. The van der Waals surface area contributed by atoms with Crippen LogP contribution in [0.5, 0.6) is 0 Å². The fourth-order valence-corrected chi connectivity index (χ4v) is 3.48. The molecule has 0 bridgehead atoms. The molecule has 102 valence electrons. The number of anilines is 1. The number of nitrogens with zero attached hydrogens (tertiary/aromatic N) is 2. The number of aliphatic hydroxyl groups excluding tert-OH is 1. The van der Waals surface area contributed by atoms with Crippen LogP contribution < -0.4 is 4.90 Å². The Morgan fingerprint density at radius 2 is 2.28 bits per heavy atom. The minimum atomic E-state index is 0.0541. The minimum absolute atomic E-state index is 0.0541. The molecule has 0 saturated carbocycles. The molecule has 18 heavy (non-hydrogen) atoms. The van der Waals surface area contributed by atoms with Gasteiger partial charge in [-0.3, -0.25) is 0 Å². The lowest BCUT2D eigenvalue weighted by atomic mass is 10.1. The Balaban J connectivity index is 2.20. The van der Waals surface area contributed by atoms with Crippen LogP contribution >= 0.6 is 11.3 Å². The molecule has 1 aliphatic heterocycles. The molecule has 5 heteroatoms. The van der Waals surface area contributed by atoms with Gasteiger partial charge < -0.3 is 14.7 Å². The molecular weight excluding hydrogens is 248 g/mol. The smallest absolute Gasteiger partial charge is 0.186 e. The van der Waals surface area contributed by atoms with E-state index >= 15 is 0 Å². The van der Waals surface area contributed by atoms with Gasteiger partial charge in [-0.25, -0.2) is 4.98 Å². The van der Waals surface area contributed by atoms with Crippen LogP contribution in [0.3, 0.4) is 0 Å². The molecule has 0 amide bonds. The van der Waals surface area contributed by atoms with Crippen molar-refractivity contribution in [2.24, 2.45) is 0 Å². The van der Waals surface area contributed by atoms with Gasteiger partial charge >= 0.3 is 0 Å². The predicted molar refractivity (Wildman–Crippen MR) is 74.0 cm³/mol. The molecule has 4 nitrogen and oxygen atoms in total. The molecule has 0 aliphatic carbocycles. The first-order chi connectivity index (χ1) is 8.76. The third kappa shape index (κ3) is 3.02. The summed E-state index contributed by atoms with van der Waals surface area (Å²) in [6, 6.07) is 0.542. The Morgan fingerprint density at radius 3 is 3.00 bits per heavy atom. The second kappa shape index (κ2) is 6.50. The quantitative estimate of drug-likeness (QED) is 0.913. The van der Waals surface area contributed by atoms with Crippen molar-refractivity contribution < 1.29 is 9.84 Å². The summed E-state index contributed by atoms with van der Waals surface area (Å²) in [5, 5.41) is 10.4. The van der Waals surface area contributed by atoms with Gasteiger partial charge in [0.05, 0.1) is 23.8 Å². The van der Waals surface area contributed by atoms with E-state index in [-0.39, 0.29) is 6.61 Å². The first-order valence-electron chi connectivity index (χ1n) is 6.61. The van der Waals surface area contributed by atoms with E-state index in [0.717, 1.165) is 22.2 Å². The van der Waals surface area contributed by atoms with Crippen molar-refractivity contribution in [3.8, 4) is 0 Å². The highest BCUT2D eigenvalue weighted by atomic mass is 32.1. The predicted octanol–water partition coefficient (Wildman–Crippen LogP) is 2.55. The van der Waals surface area contributed by atoms with E-state index < -0.39 is 0 Å². The average molecular weight is 270 g/mol. The monoisotopic (exact) mass is 270 g/mol. The Kier molecular flexibility index (Phi) is 4.97. The number of hydrogen-bond acceptors (Lipinski definition) is 5. The first-order valence-corrected chi connectivity index (χ1v) is 7.43. The molecular formula is C13H22N2O2S. The zero-order valence-electron chi connectivity index (χ0n) is 11.2. The molecule has 1 N–H and O–H groups in total. The number of rotatable bonds is 4. The highest BCUT2D eigenvalue weighted by Crippen LogP contribution is 2.31. The Labute approximate surface area is 113 Å². The zero-order chi connectivity index (χ0) is 13.0. The maximum absolute atomic E-state index is 9.37. The van der Waals surface area contributed by atoms with Crippen molar-refractivity contribution in [1.29, 1.82) is 0 Å². The van der Waals surface area contributed by atoms with Gasteiger partial charge in [0.25, 0.3) is 0 Å². The summed E-state index contributed by atoms with van der Waals surface area (Å²) in [6.45, 7) is 3.88. The van der Waals surface area contributed by atoms with Gasteiger partial charge in [-0.2, -0.15) is 0 Å². The van der Waals surface area contributed by atoms with Gasteiger partial charge in [0.1, 0.15) is 0 Å². The van der Waals surface area contributed by atoms with Crippen molar-refractivity contribution >= 4 is 16.5 Å². The van der Waals surface area contributed by atoms with Gasteiger partial charge in [-0.05, 0) is 19.8 Å². The third-order valence-corrected chi connectivity index (χ3v) is 4.61. The van der Waals surface area contributed by atoms with Gasteiger partial charge in [-0.1, -0.05) is 24.2 Å². The van der Waals surface area contributed by atoms with Gasteiger partial charge in [0, 0.05) is 19.7 Å². The maximum atomic E-state index is 9.37. The molecule has 1 aliphatic rings. The molecule has 1 fully saturated rings. The van der Waals surface area contributed by atoms with Crippen molar-refractivity contribution in [2.75, 3.05) is 18.6 Å². The molecule has 0 radical (unpaired) electrons. The van der Waals surface area contributed by atoms with Gasteiger partial charge in [0.2, 0.25) is 0 Å². The number of ether oxygens (including phenoxy) is 1. The van der Waals surface area contributed by atoms with Crippen LogP contribution in [0.1, 0.15) is 43.2 Å². The number of aromatic nitrogens is 1. The van der Waals surface area contributed by atoms with Crippen molar-refractivity contribution in [1.82, 2.24) is 4.98 Å². The Morgan fingerprint density at radius 1 is 1.44 bits per heavy atom. The van der Waals surface area contributed by atoms with E-state index in [2.05, 4.69) is 16.8 Å². The second-order valence-electron chi connectivity index (χ2n) is 4.85. The Hall–Kier alpha value is -0.650. The van der Waals surface area contributed by atoms with Crippen molar-refractivity contribution in [3.05, 3.63) is 10.6 Å². The van der Waals surface area contributed by atoms with Crippen LogP contribution in [0.15, 0.2) is 0 Å². The molecule has 1 unspecified atom stereocenters. The maximum Gasteiger partial charge on any atom is 0.186 e. The molecule has 1 aromatic heterocycles. The van der Waals surface area contributed by atoms with E-state index in [1.54, 1.807) is 18.4 Å². The summed E-state index contributed by atoms with van der Waals surface area (Å²) in [5.41, 5.74) is 0.886. The van der Waals surface area contributed by atoms with Crippen LogP contribution in [-0.2, 0) is 18.0 Å². The second-order valence-corrected chi connectivity index (χ2v) is 5.91. The third-order valence-electron chi connectivity index (χ3n) is 3.49. The molecule has 2 heterocycles. The lowest BCUT2D eigenvalue weighted by Gasteiger charge is -2.26. The van der Waals surface area contributed by atoms with Crippen LogP contribution in [0, 0.1) is 0 Å². The van der Waals surface area contributed by atoms with E-state index in [0.29, 0.717) is 12.6 Å². The number of aliphatic hydroxyl groups is 1. The van der Waals surface area contributed by atoms with E-state index in [9.17, 15) is 5.11 Å². The number of thiazole rings is 1. The summed E-state index contributed by atoms with van der Waals surface area (Å²) in [4.78, 5) is 7.96. The average Bonchev–Trinajstić information content (AvgIpc) is 2.64. The van der Waals surface area contributed by atoms with E-state index in [1.165, 1.54) is 25.7 Å². The van der Waals surface area contributed by atoms with E-state index in [1.807, 2.05) is 0 Å². The summed E-state index contributed by atoms with van der Waals surface area (Å²) >= 11 is 1.60. The van der Waals surface area contributed by atoms with Crippen molar-refractivity contribution in [3.63, 3.8) is 0 Å². The van der Waals surface area contributed by atoms with Gasteiger partial charge in [0.15, 0.2) is 5.13 Å². The standard InChI is InChI=1S/C13H22N2O2S/c1-10-6-4-3-5-7-15(10)13-14-11(9-17-2)12(8-16)18-13/h10,16H,3-9H2,1-2H3. The molecule has 2 rings (SSSR count). The van der Waals surface area contributed by atoms with Crippen LogP contribution in [0.25, 0.3) is 0 Å². The fourth-order valence-electron chi connectivity index (χ4n) is 2.42. The van der Waals surface area contributed by atoms with Crippen molar-refractivity contribution in [2.45, 2.75) is 51.9 Å². The Bertz CT molecular complexity index is 381. The van der Waals surface area contributed by atoms with Gasteiger partial charge in [-0.15, -0.1) is 0 Å². The minimum Gasteiger partial charge on any atom is -0.391 e. The topological polar surface area (TPSA) is 45.6 Å². The van der Waals surface area contributed by atoms with Crippen LogP contribution in [-0.4, -0.2) is 29.8 Å². The first kappa shape index (κ1) is 13.8. The molecule has 1 atom stereocenters. The number of methoxy groups -OCH3 is 1. The highest BCUT2D eigenvalue weighted by molar-refractivity contribution is 7.15. The lowest BCUT2D eigenvalue weighted by molar-refractivity contribution is 0.179. The normalized spacial score (nSPS) is 21.1.